The second kappa shape index (κ2) is 11.5. The second-order valence-electron chi connectivity index (χ2n) is 13.4. The molecule has 0 saturated carbocycles. The van der Waals surface area contributed by atoms with Crippen LogP contribution in [-0.4, -0.2) is 0 Å². The van der Waals surface area contributed by atoms with E-state index in [1.165, 1.54) is 42.7 Å². The van der Waals surface area contributed by atoms with Crippen LogP contribution >= 0.6 is 11.8 Å². The van der Waals surface area contributed by atoms with Gasteiger partial charge >= 0.3 is 0 Å². The van der Waals surface area contributed by atoms with Crippen molar-refractivity contribution in [2.75, 3.05) is 9.80 Å². The van der Waals surface area contributed by atoms with Gasteiger partial charge in [0.1, 0.15) is 0 Å². The average molecular weight is 683 g/mol. The van der Waals surface area contributed by atoms with E-state index in [0.29, 0.717) is 0 Å². The number of para-hydroxylation sites is 1. The summed E-state index contributed by atoms with van der Waals surface area (Å²) in [4.78, 5) is 7.23. The molecule has 0 unspecified atom stereocenters. The van der Waals surface area contributed by atoms with E-state index in [9.17, 15) is 0 Å². The van der Waals surface area contributed by atoms with Gasteiger partial charge in [-0.05, 0) is 98.7 Å². The molecule has 0 aromatic heterocycles. The zero-order valence-corrected chi connectivity index (χ0v) is 28.8. The zero-order valence-electron chi connectivity index (χ0n) is 28.0. The standard InChI is InChI=1S/C48H30N2OS/c1-2-14-37(15-3-1)49-41-24-21-35(29-45(41)51-47-39-16-8-6-11-32(39)19-26-43(47)49)36-22-25-42-46(30-36)52-48-40-17-9-7-12-33(40)20-27-44(48)50(42)38-23-18-31-10-4-5-13-34(31)28-38/h1-30H. The molecule has 0 saturated heterocycles. The molecule has 0 atom stereocenters. The molecular formula is C48H30N2OS. The van der Waals surface area contributed by atoms with Crippen molar-refractivity contribution in [2.24, 2.45) is 0 Å². The molecule has 9 aromatic rings. The molecule has 11 rings (SSSR count). The van der Waals surface area contributed by atoms with Gasteiger partial charge in [-0.25, -0.2) is 0 Å². The summed E-state index contributed by atoms with van der Waals surface area (Å²) >= 11 is 1.86. The van der Waals surface area contributed by atoms with Crippen LogP contribution in [0.25, 0.3) is 43.4 Å². The molecule has 0 radical (unpaired) electrons. The summed E-state index contributed by atoms with van der Waals surface area (Å²) in [5.41, 5.74) is 8.95. The van der Waals surface area contributed by atoms with E-state index in [0.717, 1.165) is 56.1 Å². The molecular weight excluding hydrogens is 653 g/mol. The largest absolute Gasteiger partial charge is 0.452 e. The van der Waals surface area contributed by atoms with Gasteiger partial charge < -0.3 is 14.5 Å². The Kier molecular flexibility index (Phi) is 6.48. The van der Waals surface area contributed by atoms with Crippen molar-refractivity contribution in [1.29, 1.82) is 0 Å². The normalized spacial score (nSPS) is 13.0. The maximum absolute atomic E-state index is 6.87. The Hall–Kier alpha value is -6.49. The summed E-state index contributed by atoms with van der Waals surface area (Å²) in [6, 6.07) is 65.5. The van der Waals surface area contributed by atoms with E-state index in [-0.39, 0.29) is 0 Å². The second-order valence-corrected chi connectivity index (χ2v) is 14.4. The fraction of sp³-hybridized carbons (Fsp3) is 0. The minimum Gasteiger partial charge on any atom is -0.452 e. The first-order chi connectivity index (χ1) is 25.8. The number of benzene rings is 9. The zero-order chi connectivity index (χ0) is 34.2. The number of anilines is 6. The highest BCUT2D eigenvalue weighted by Gasteiger charge is 2.30. The Bertz CT molecular complexity index is 2880. The van der Waals surface area contributed by atoms with Gasteiger partial charge in [-0.15, -0.1) is 0 Å². The van der Waals surface area contributed by atoms with Crippen molar-refractivity contribution in [2.45, 2.75) is 9.79 Å². The van der Waals surface area contributed by atoms with Crippen molar-refractivity contribution >= 4 is 78.2 Å². The lowest BCUT2D eigenvalue weighted by atomic mass is 10.0. The molecule has 0 N–H and O–H groups in total. The van der Waals surface area contributed by atoms with Crippen molar-refractivity contribution in [3.8, 4) is 22.6 Å². The SMILES string of the molecule is c1ccc(N2c3ccc(-c4ccc5c(c4)Sc4c(ccc6ccccc46)N5c4ccc5ccccc5c4)cc3Oc3c2ccc2ccccc32)cc1. The van der Waals surface area contributed by atoms with E-state index < -0.39 is 0 Å². The Labute approximate surface area is 306 Å². The fourth-order valence-electron chi connectivity index (χ4n) is 7.88. The first-order valence-electron chi connectivity index (χ1n) is 17.6. The molecule has 0 fully saturated rings. The molecule has 0 aliphatic carbocycles. The summed E-state index contributed by atoms with van der Waals surface area (Å²) in [5.74, 6) is 1.71. The van der Waals surface area contributed by atoms with Crippen molar-refractivity contribution in [1.82, 2.24) is 0 Å². The van der Waals surface area contributed by atoms with Gasteiger partial charge in [0.2, 0.25) is 0 Å². The number of hydrogen-bond acceptors (Lipinski definition) is 4. The van der Waals surface area contributed by atoms with Gasteiger partial charge in [0.15, 0.2) is 11.5 Å². The van der Waals surface area contributed by atoms with Crippen LogP contribution in [0.1, 0.15) is 0 Å². The summed E-state index contributed by atoms with van der Waals surface area (Å²) in [7, 11) is 0. The van der Waals surface area contributed by atoms with Gasteiger partial charge in [0.05, 0.1) is 22.7 Å². The van der Waals surface area contributed by atoms with E-state index in [1.807, 2.05) is 11.8 Å². The van der Waals surface area contributed by atoms with Gasteiger partial charge in [-0.2, -0.15) is 0 Å². The van der Waals surface area contributed by atoms with Crippen LogP contribution in [0.15, 0.2) is 192 Å². The lowest BCUT2D eigenvalue weighted by molar-refractivity contribution is 0.483. The van der Waals surface area contributed by atoms with Gasteiger partial charge in [-0.1, -0.05) is 133 Å². The molecule has 3 nitrogen and oxygen atoms in total. The van der Waals surface area contributed by atoms with Crippen LogP contribution in [0.2, 0.25) is 0 Å². The molecule has 0 bridgehead atoms. The Balaban J connectivity index is 1.06. The quantitative estimate of drug-likeness (QED) is 0.184. The van der Waals surface area contributed by atoms with E-state index in [2.05, 4.69) is 192 Å². The highest BCUT2D eigenvalue weighted by molar-refractivity contribution is 8.00. The van der Waals surface area contributed by atoms with Gasteiger partial charge in [0.25, 0.3) is 0 Å². The maximum Gasteiger partial charge on any atom is 0.159 e. The van der Waals surface area contributed by atoms with Crippen molar-refractivity contribution in [3.63, 3.8) is 0 Å². The number of rotatable bonds is 3. The summed E-state index contributed by atoms with van der Waals surface area (Å²) in [6.45, 7) is 0. The monoisotopic (exact) mass is 682 g/mol. The van der Waals surface area contributed by atoms with Crippen LogP contribution < -0.4 is 14.5 Å². The average Bonchev–Trinajstić information content (AvgIpc) is 3.21. The topological polar surface area (TPSA) is 15.7 Å². The number of hydrogen-bond donors (Lipinski definition) is 0. The lowest BCUT2D eigenvalue weighted by Gasteiger charge is -2.34. The van der Waals surface area contributed by atoms with Crippen molar-refractivity contribution in [3.05, 3.63) is 182 Å². The molecule has 2 aliphatic heterocycles. The van der Waals surface area contributed by atoms with Crippen LogP contribution in [0.4, 0.5) is 34.1 Å². The van der Waals surface area contributed by atoms with Gasteiger partial charge in [0, 0.05) is 26.6 Å². The molecule has 0 spiro atoms. The predicted octanol–water partition coefficient (Wildman–Crippen LogP) is 14.3. The summed E-state index contributed by atoms with van der Waals surface area (Å²) < 4.78 is 6.87. The van der Waals surface area contributed by atoms with E-state index in [4.69, 9.17) is 4.74 Å². The van der Waals surface area contributed by atoms with Crippen LogP contribution in [0.5, 0.6) is 11.5 Å². The highest BCUT2D eigenvalue weighted by atomic mass is 32.2. The number of fused-ring (bicyclic) bond motifs is 9. The van der Waals surface area contributed by atoms with Crippen LogP contribution in [0, 0.1) is 0 Å². The fourth-order valence-corrected chi connectivity index (χ4v) is 9.11. The Morgan fingerprint density at radius 2 is 0.981 bits per heavy atom. The Morgan fingerprint density at radius 3 is 1.81 bits per heavy atom. The highest BCUT2D eigenvalue weighted by Crippen LogP contribution is 2.56. The Morgan fingerprint density at radius 1 is 0.385 bits per heavy atom. The third kappa shape index (κ3) is 4.55. The van der Waals surface area contributed by atoms with Gasteiger partial charge in [-0.3, -0.25) is 0 Å². The minimum absolute atomic E-state index is 0.838. The maximum atomic E-state index is 6.87. The molecule has 52 heavy (non-hydrogen) atoms. The summed E-state index contributed by atoms with van der Waals surface area (Å²) in [5, 5.41) is 7.23. The molecule has 2 heterocycles. The third-order valence-electron chi connectivity index (χ3n) is 10.4. The molecule has 9 aromatic carbocycles. The smallest absolute Gasteiger partial charge is 0.159 e. The molecule has 244 valence electrons. The third-order valence-corrected chi connectivity index (χ3v) is 11.5. The first-order valence-corrected chi connectivity index (χ1v) is 18.4. The molecule has 4 heteroatoms. The van der Waals surface area contributed by atoms with Crippen LogP contribution in [-0.2, 0) is 0 Å². The minimum atomic E-state index is 0.838. The number of ether oxygens (including phenoxy) is 1. The van der Waals surface area contributed by atoms with Crippen molar-refractivity contribution < 1.29 is 4.74 Å². The number of nitrogens with zero attached hydrogens (tertiary/aromatic N) is 2. The lowest BCUT2D eigenvalue weighted by Crippen LogP contribution is -2.16. The van der Waals surface area contributed by atoms with Crippen LogP contribution in [0.3, 0.4) is 0 Å². The summed E-state index contributed by atoms with van der Waals surface area (Å²) in [6.07, 6.45) is 0. The van der Waals surface area contributed by atoms with E-state index in [1.54, 1.807) is 0 Å². The molecule has 0 amide bonds. The first kappa shape index (κ1) is 29.3. The predicted molar refractivity (Wildman–Crippen MR) is 218 cm³/mol. The van der Waals surface area contributed by atoms with E-state index >= 15 is 0 Å². The molecule has 2 aliphatic rings.